The van der Waals surface area contributed by atoms with Crippen LogP contribution < -0.4 is 14.2 Å². The Bertz CT molecular complexity index is 799. The monoisotopic (exact) mass is 354 g/mol. The fourth-order valence-corrected chi connectivity index (χ4v) is 3.23. The van der Waals surface area contributed by atoms with Crippen molar-refractivity contribution in [1.29, 1.82) is 5.26 Å². The largest absolute Gasteiger partial charge is 0.496 e. The van der Waals surface area contributed by atoms with Gasteiger partial charge in [0.05, 0.1) is 32.0 Å². The lowest BCUT2D eigenvalue weighted by Crippen LogP contribution is -2.36. The van der Waals surface area contributed by atoms with Crippen molar-refractivity contribution < 1.29 is 19.3 Å². The SMILES string of the molecule is COc1ccc(OC)c2c1CN(CCOc1ccc(C#N)cc1)CC2O. The predicted molar refractivity (Wildman–Crippen MR) is 96.4 cm³/mol. The van der Waals surface area contributed by atoms with Gasteiger partial charge in [-0.1, -0.05) is 0 Å². The fourth-order valence-electron chi connectivity index (χ4n) is 3.23. The summed E-state index contributed by atoms with van der Waals surface area (Å²) >= 11 is 0. The van der Waals surface area contributed by atoms with Gasteiger partial charge in [0, 0.05) is 30.8 Å². The van der Waals surface area contributed by atoms with Gasteiger partial charge in [0.1, 0.15) is 23.9 Å². The van der Waals surface area contributed by atoms with E-state index in [4.69, 9.17) is 19.5 Å². The number of hydrogen-bond acceptors (Lipinski definition) is 6. The summed E-state index contributed by atoms with van der Waals surface area (Å²) in [5.74, 6) is 2.15. The lowest BCUT2D eigenvalue weighted by atomic mass is 9.95. The van der Waals surface area contributed by atoms with Crippen molar-refractivity contribution in [1.82, 2.24) is 4.90 Å². The number of methoxy groups -OCH3 is 2. The number of nitrogens with zero attached hydrogens (tertiary/aromatic N) is 2. The number of nitriles is 1. The van der Waals surface area contributed by atoms with Crippen LogP contribution in [0.1, 0.15) is 22.8 Å². The molecule has 2 aromatic carbocycles. The average molecular weight is 354 g/mol. The summed E-state index contributed by atoms with van der Waals surface area (Å²) in [6.07, 6.45) is -0.640. The van der Waals surface area contributed by atoms with Crippen LogP contribution in [0.3, 0.4) is 0 Å². The molecule has 26 heavy (non-hydrogen) atoms. The molecule has 1 N–H and O–H groups in total. The maximum absolute atomic E-state index is 10.6. The third-order valence-corrected chi connectivity index (χ3v) is 4.52. The molecule has 1 heterocycles. The van der Waals surface area contributed by atoms with Gasteiger partial charge in [-0.15, -0.1) is 0 Å². The quantitative estimate of drug-likeness (QED) is 0.859. The first-order chi connectivity index (χ1) is 12.7. The van der Waals surface area contributed by atoms with Crippen molar-refractivity contribution in [2.75, 3.05) is 33.9 Å². The number of ether oxygens (including phenoxy) is 3. The fraction of sp³-hybridized carbons (Fsp3) is 0.350. The predicted octanol–water partition coefficient (Wildman–Crippen LogP) is 2.50. The standard InChI is InChI=1S/C20H22N2O4/c1-24-18-7-8-19(25-2)20-16(18)12-22(13-17(20)23)9-10-26-15-5-3-14(11-21)4-6-15/h3-8,17,23H,9-10,12-13H2,1-2H3. The molecular formula is C20H22N2O4. The second-order valence-corrected chi connectivity index (χ2v) is 6.10. The summed E-state index contributed by atoms with van der Waals surface area (Å²) in [6, 6.07) is 12.8. The molecule has 1 aliphatic rings. The van der Waals surface area contributed by atoms with E-state index >= 15 is 0 Å². The highest BCUT2D eigenvalue weighted by Crippen LogP contribution is 2.39. The summed E-state index contributed by atoms with van der Waals surface area (Å²) in [7, 11) is 3.23. The summed E-state index contributed by atoms with van der Waals surface area (Å²) in [5.41, 5.74) is 2.36. The minimum atomic E-state index is -0.640. The maximum atomic E-state index is 10.6. The number of benzene rings is 2. The van der Waals surface area contributed by atoms with Crippen molar-refractivity contribution in [3.05, 3.63) is 53.1 Å². The first kappa shape index (κ1) is 18.1. The highest BCUT2D eigenvalue weighted by Gasteiger charge is 2.29. The van der Waals surface area contributed by atoms with Gasteiger partial charge in [-0.3, -0.25) is 4.90 Å². The Morgan fingerprint density at radius 3 is 2.46 bits per heavy atom. The zero-order valence-corrected chi connectivity index (χ0v) is 14.9. The first-order valence-corrected chi connectivity index (χ1v) is 8.43. The zero-order valence-electron chi connectivity index (χ0n) is 14.9. The van der Waals surface area contributed by atoms with Crippen LogP contribution in [0.15, 0.2) is 36.4 Å². The second kappa shape index (κ2) is 8.09. The van der Waals surface area contributed by atoms with Gasteiger partial charge >= 0.3 is 0 Å². The van der Waals surface area contributed by atoms with Crippen LogP contribution in [0, 0.1) is 11.3 Å². The van der Waals surface area contributed by atoms with Crippen LogP contribution >= 0.6 is 0 Å². The van der Waals surface area contributed by atoms with E-state index in [2.05, 4.69) is 11.0 Å². The van der Waals surface area contributed by atoms with Crippen LogP contribution in [0.2, 0.25) is 0 Å². The molecule has 0 radical (unpaired) electrons. The van der Waals surface area contributed by atoms with Gasteiger partial charge in [-0.2, -0.15) is 5.26 Å². The number of aliphatic hydroxyl groups excluding tert-OH is 1. The normalized spacial score (nSPS) is 16.5. The third-order valence-electron chi connectivity index (χ3n) is 4.52. The smallest absolute Gasteiger partial charge is 0.125 e. The van der Waals surface area contributed by atoms with Crippen LogP contribution in [-0.2, 0) is 6.54 Å². The van der Waals surface area contributed by atoms with Crippen LogP contribution in [0.5, 0.6) is 17.2 Å². The number of β-amino-alcohol motifs (C(OH)–C–C–N with tert-alkyl or cyclic N) is 1. The summed E-state index contributed by atoms with van der Waals surface area (Å²) in [4.78, 5) is 2.12. The lowest BCUT2D eigenvalue weighted by Gasteiger charge is -2.33. The Hall–Kier alpha value is -2.75. The molecule has 0 fully saturated rings. The van der Waals surface area contributed by atoms with Crippen LogP contribution in [0.4, 0.5) is 0 Å². The van der Waals surface area contributed by atoms with Crippen molar-refractivity contribution in [2.24, 2.45) is 0 Å². The van der Waals surface area contributed by atoms with E-state index in [-0.39, 0.29) is 0 Å². The molecule has 0 amide bonds. The molecular weight excluding hydrogens is 332 g/mol. The minimum Gasteiger partial charge on any atom is -0.496 e. The van der Waals surface area contributed by atoms with Crippen LogP contribution in [0.25, 0.3) is 0 Å². The second-order valence-electron chi connectivity index (χ2n) is 6.10. The molecule has 0 saturated heterocycles. The van der Waals surface area contributed by atoms with E-state index in [1.54, 1.807) is 38.5 Å². The third kappa shape index (κ3) is 3.74. The van der Waals surface area contributed by atoms with Gasteiger partial charge in [0.2, 0.25) is 0 Å². The molecule has 6 nitrogen and oxygen atoms in total. The topological polar surface area (TPSA) is 75.0 Å². The van der Waals surface area contributed by atoms with Crippen molar-refractivity contribution in [3.63, 3.8) is 0 Å². The van der Waals surface area contributed by atoms with E-state index in [0.717, 1.165) is 22.6 Å². The Kier molecular flexibility index (Phi) is 5.61. The highest BCUT2D eigenvalue weighted by molar-refractivity contribution is 5.51. The minimum absolute atomic E-state index is 0.486. The van der Waals surface area contributed by atoms with Gasteiger partial charge in [0.15, 0.2) is 0 Å². The molecule has 0 saturated carbocycles. The average Bonchev–Trinajstić information content (AvgIpc) is 2.67. The molecule has 1 unspecified atom stereocenters. The van der Waals surface area contributed by atoms with Gasteiger partial charge in [-0.25, -0.2) is 0 Å². The molecule has 2 aromatic rings. The van der Waals surface area contributed by atoms with Crippen LogP contribution in [-0.4, -0.2) is 43.9 Å². The van der Waals surface area contributed by atoms with Crippen molar-refractivity contribution in [3.8, 4) is 23.3 Å². The number of aliphatic hydroxyl groups is 1. The van der Waals surface area contributed by atoms with E-state index in [9.17, 15) is 5.11 Å². The van der Waals surface area contributed by atoms with E-state index in [1.165, 1.54) is 0 Å². The Balaban J connectivity index is 1.65. The van der Waals surface area contributed by atoms with E-state index in [0.29, 0.717) is 37.6 Å². The highest BCUT2D eigenvalue weighted by atomic mass is 16.5. The lowest BCUT2D eigenvalue weighted by molar-refractivity contribution is 0.0795. The molecule has 1 atom stereocenters. The number of rotatable bonds is 6. The number of hydrogen-bond donors (Lipinski definition) is 1. The molecule has 136 valence electrons. The van der Waals surface area contributed by atoms with E-state index in [1.807, 2.05) is 12.1 Å². The Morgan fingerprint density at radius 1 is 1.12 bits per heavy atom. The van der Waals surface area contributed by atoms with Gasteiger partial charge in [0.25, 0.3) is 0 Å². The zero-order chi connectivity index (χ0) is 18.5. The molecule has 0 aliphatic carbocycles. The van der Waals surface area contributed by atoms with Crippen molar-refractivity contribution in [2.45, 2.75) is 12.6 Å². The first-order valence-electron chi connectivity index (χ1n) is 8.43. The Morgan fingerprint density at radius 2 is 1.81 bits per heavy atom. The van der Waals surface area contributed by atoms with E-state index < -0.39 is 6.10 Å². The van der Waals surface area contributed by atoms with Gasteiger partial charge < -0.3 is 19.3 Å². The molecule has 0 spiro atoms. The summed E-state index contributed by atoms with van der Waals surface area (Å²) < 4.78 is 16.6. The maximum Gasteiger partial charge on any atom is 0.125 e. The molecule has 0 bridgehead atoms. The van der Waals surface area contributed by atoms with Gasteiger partial charge in [-0.05, 0) is 36.4 Å². The number of fused-ring (bicyclic) bond motifs is 1. The molecule has 3 rings (SSSR count). The summed E-state index contributed by atoms with van der Waals surface area (Å²) in [6.45, 7) is 2.31. The van der Waals surface area contributed by atoms with Crippen molar-refractivity contribution >= 4 is 0 Å². The molecule has 6 heteroatoms. The molecule has 1 aliphatic heterocycles. The summed E-state index contributed by atoms with van der Waals surface area (Å²) in [5, 5.41) is 19.4. The molecule has 0 aromatic heterocycles. The Labute approximate surface area is 153 Å².